The van der Waals surface area contributed by atoms with E-state index in [0.29, 0.717) is 29.7 Å². The second kappa shape index (κ2) is 11.3. The van der Waals surface area contributed by atoms with E-state index in [0.717, 1.165) is 29.3 Å². The Morgan fingerprint density at radius 2 is 2.02 bits per heavy atom. The van der Waals surface area contributed by atoms with E-state index in [4.69, 9.17) is 4.52 Å². The molecule has 3 aromatic rings. The van der Waals surface area contributed by atoms with Gasteiger partial charge in [0, 0.05) is 53.2 Å². The first kappa shape index (κ1) is 28.2. The van der Waals surface area contributed by atoms with Crippen molar-refractivity contribution in [2.24, 2.45) is 5.92 Å². The molecule has 2 aromatic heterocycles. The highest BCUT2D eigenvalue weighted by molar-refractivity contribution is 7.81. The van der Waals surface area contributed by atoms with Crippen LogP contribution in [0.3, 0.4) is 0 Å². The molecule has 9 heteroatoms. The smallest absolute Gasteiger partial charge is 0.264 e. The lowest BCUT2D eigenvalue weighted by atomic mass is 9.70. The molecule has 1 aromatic carbocycles. The van der Waals surface area contributed by atoms with Gasteiger partial charge in [-0.25, -0.2) is 8.51 Å². The minimum atomic E-state index is -1.62. The highest BCUT2D eigenvalue weighted by Crippen LogP contribution is 2.50. The Hall–Kier alpha value is -3.30. The maximum atomic E-state index is 13.2. The average Bonchev–Trinajstić information content (AvgIpc) is 3.48. The summed E-state index contributed by atoms with van der Waals surface area (Å²) in [6, 6.07) is 5.87. The maximum absolute atomic E-state index is 13.2. The van der Waals surface area contributed by atoms with Gasteiger partial charge < -0.3 is 9.09 Å². The van der Waals surface area contributed by atoms with Gasteiger partial charge in [-0.1, -0.05) is 54.8 Å². The van der Waals surface area contributed by atoms with Gasteiger partial charge >= 0.3 is 0 Å². The zero-order valence-corrected chi connectivity index (χ0v) is 24.9. The van der Waals surface area contributed by atoms with Gasteiger partial charge in [0.15, 0.2) is 17.0 Å². The van der Waals surface area contributed by atoms with E-state index < -0.39 is 16.6 Å². The predicted molar refractivity (Wildman–Crippen MR) is 160 cm³/mol. The van der Waals surface area contributed by atoms with E-state index in [2.05, 4.69) is 64.2 Å². The summed E-state index contributed by atoms with van der Waals surface area (Å²) in [6.45, 7) is 10.9. The summed E-state index contributed by atoms with van der Waals surface area (Å²) in [7, 11) is 3.32. The number of nitrogens with one attached hydrogen (secondary N) is 1. The standard InChI is InChI=1S/C31H39N5O3S/c1-7-16-31(4)24(8-2)17-23(30-32-20(3)33-39-30)19-36-26-18-22(29(37)34-40(38)35(5)6)14-15-25(26)27(28(31)36)21-12-10-9-11-13-21/h7-8,14-18,21,24H,2,9-13,19H2,1,3-6H3,(H,34,37)/b16-7-. The first-order valence-corrected chi connectivity index (χ1v) is 15.1. The monoisotopic (exact) mass is 561 g/mol. The summed E-state index contributed by atoms with van der Waals surface area (Å²) in [5.41, 5.74) is 4.58. The summed E-state index contributed by atoms with van der Waals surface area (Å²) >= 11 is -1.62. The Kier molecular flexibility index (Phi) is 7.97. The molecule has 1 aliphatic heterocycles. The van der Waals surface area contributed by atoms with Crippen molar-refractivity contribution >= 4 is 33.6 Å². The van der Waals surface area contributed by atoms with Crippen LogP contribution in [-0.4, -0.2) is 43.2 Å². The summed E-state index contributed by atoms with van der Waals surface area (Å²) in [5.74, 6) is 1.11. The fraction of sp³-hybridized carbons (Fsp3) is 0.452. The van der Waals surface area contributed by atoms with Crippen LogP contribution in [-0.2, 0) is 23.1 Å². The summed E-state index contributed by atoms with van der Waals surface area (Å²) in [4.78, 5) is 17.7. The fourth-order valence-electron chi connectivity index (χ4n) is 6.48. The molecule has 1 saturated carbocycles. The second-order valence-corrected chi connectivity index (χ2v) is 12.7. The average molecular weight is 562 g/mol. The molecule has 3 heterocycles. The molecular formula is C31H39N5O3S. The molecule has 212 valence electrons. The van der Waals surface area contributed by atoms with Crippen molar-refractivity contribution in [2.45, 2.75) is 70.8 Å². The molecule has 0 bridgehead atoms. The molecule has 0 radical (unpaired) electrons. The van der Waals surface area contributed by atoms with Crippen molar-refractivity contribution in [3.63, 3.8) is 0 Å². The quantitative estimate of drug-likeness (QED) is 0.358. The summed E-state index contributed by atoms with van der Waals surface area (Å²) < 4.78 is 24.4. The van der Waals surface area contributed by atoms with Crippen LogP contribution in [0.4, 0.5) is 0 Å². The number of aryl methyl sites for hydroxylation is 1. The van der Waals surface area contributed by atoms with Crippen molar-refractivity contribution in [1.82, 2.24) is 23.7 Å². The minimum Gasteiger partial charge on any atom is -0.339 e. The third-order valence-corrected chi connectivity index (χ3v) is 9.40. The number of aromatic nitrogens is 3. The maximum Gasteiger partial charge on any atom is 0.264 e. The SMILES string of the molecule is C=CC1C=C(c2nc(C)no2)Cn2c(c(C3CCCCC3)c3ccc(C(=O)NS(=O)N(C)C)cc32)C1(C)/C=C\C. The molecule has 1 fully saturated rings. The molecule has 3 atom stereocenters. The molecule has 0 spiro atoms. The van der Waals surface area contributed by atoms with Gasteiger partial charge in [0.2, 0.25) is 0 Å². The van der Waals surface area contributed by atoms with Crippen molar-refractivity contribution in [3.05, 3.63) is 77.6 Å². The molecule has 0 saturated heterocycles. The number of hydrogen-bond acceptors (Lipinski definition) is 5. The number of amides is 1. The van der Waals surface area contributed by atoms with E-state index >= 15 is 0 Å². The third-order valence-electron chi connectivity index (χ3n) is 8.37. The Morgan fingerprint density at radius 3 is 2.65 bits per heavy atom. The first-order valence-electron chi connectivity index (χ1n) is 14.0. The number of allylic oxidation sites excluding steroid dienone is 5. The van der Waals surface area contributed by atoms with Gasteiger partial charge in [-0.2, -0.15) is 4.98 Å². The number of carbonyl (C=O) groups excluding carboxylic acids is 1. The molecule has 8 nitrogen and oxygen atoms in total. The van der Waals surface area contributed by atoms with Crippen molar-refractivity contribution < 1.29 is 13.5 Å². The first-order chi connectivity index (χ1) is 19.2. The van der Waals surface area contributed by atoms with Crippen LogP contribution in [0.15, 0.2) is 53.6 Å². The van der Waals surface area contributed by atoms with Gasteiger partial charge in [0.25, 0.3) is 11.8 Å². The van der Waals surface area contributed by atoms with Crippen LogP contribution in [0.5, 0.6) is 0 Å². The van der Waals surface area contributed by atoms with Gasteiger partial charge in [0.05, 0.1) is 6.54 Å². The number of fused-ring (bicyclic) bond motifs is 3. The lowest BCUT2D eigenvalue weighted by molar-refractivity contribution is 0.0981. The van der Waals surface area contributed by atoms with Crippen LogP contribution >= 0.6 is 0 Å². The molecule has 5 rings (SSSR count). The van der Waals surface area contributed by atoms with Crippen LogP contribution in [0, 0.1) is 12.8 Å². The van der Waals surface area contributed by atoms with Crippen molar-refractivity contribution in [3.8, 4) is 0 Å². The topological polar surface area (TPSA) is 93.3 Å². The largest absolute Gasteiger partial charge is 0.339 e. The summed E-state index contributed by atoms with van der Waals surface area (Å²) in [6.07, 6.45) is 14.6. The fourth-order valence-corrected chi connectivity index (χ4v) is 6.94. The number of benzene rings is 1. The zero-order chi connectivity index (χ0) is 28.6. The highest BCUT2D eigenvalue weighted by atomic mass is 32.2. The van der Waals surface area contributed by atoms with E-state index in [9.17, 15) is 9.00 Å². The van der Waals surface area contributed by atoms with E-state index in [1.54, 1.807) is 14.1 Å². The van der Waals surface area contributed by atoms with E-state index in [-0.39, 0.29) is 11.8 Å². The molecule has 1 aliphatic carbocycles. The Bertz CT molecular complexity index is 1520. The number of rotatable bonds is 7. The van der Waals surface area contributed by atoms with Gasteiger partial charge in [-0.3, -0.25) is 9.52 Å². The van der Waals surface area contributed by atoms with Crippen molar-refractivity contribution in [1.29, 1.82) is 0 Å². The van der Waals surface area contributed by atoms with Crippen LogP contribution in [0.2, 0.25) is 0 Å². The normalized spacial score (nSPS) is 22.8. The van der Waals surface area contributed by atoms with Crippen LogP contribution in [0.1, 0.15) is 85.2 Å². The zero-order valence-electron chi connectivity index (χ0n) is 24.1. The van der Waals surface area contributed by atoms with Gasteiger partial charge in [-0.05, 0) is 57.2 Å². The molecule has 1 amide bonds. The summed E-state index contributed by atoms with van der Waals surface area (Å²) in [5, 5.41) is 5.22. The van der Waals surface area contributed by atoms with Crippen LogP contribution in [0.25, 0.3) is 16.5 Å². The number of carbonyl (C=O) groups is 1. The molecular weight excluding hydrogens is 522 g/mol. The minimum absolute atomic E-state index is 0.0240. The second-order valence-electron chi connectivity index (χ2n) is 11.3. The molecule has 1 N–H and O–H groups in total. The highest BCUT2D eigenvalue weighted by Gasteiger charge is 2.41. The number of hydrogen-bond donors (Lipinski definition) is 1. The Labute approximate surface area is 238 Å². The molecule has 2 aliphatic rings. The molecule has 40 heavy (non-hydrogen) atoms. The van der Waals surface area contributed by atoms with E-state index in [1.165, 1.54) is 34.8 Å². The predicted octanol–water partition coefficient (Wildman–Crippen LogP) is 5.98. The van der Waals surface area contributed by atoms with Gasteiger partial charge in [-0.15, -0.1) is 6.58 Å². The third kappa shape index (κ3) is 5.01. The lowest BCUT2D eigenvalue weighted by Gasteiger charge is -2.35. The van der Waals surface area contributed by atoms with Gasteiger partial charge in [0.1, 0.15) is 0 Å². The Balaban J connectivity index is 1.79. The van der Waals surface area contributed by atoms with Crippen LogP contribution < -0.4 is 4.72 Å². The van der Waals surface area contributed by atoms with Crippen molar-refractivity contribution in [2.75, 3.05) is 14.1 Å². The number of nitrogens with zero attached hydrogens (tertiary/aromatic N) is 4. The Morgan fingerprint density at radius 1 is 1.27 bits per heavy atom. The van der Waals surface area contributed by atoms with E-state index in [1.807, 2.05) is 25.1 Å². The molecule has 3 unspecified atom stereocenters. The lowest BCUT2D eigenvalue weighted by Crippen LogP contribution is -2.34.